The van der Waals surface area contributed by atoms with Crippen molar-refractivity contribution in [2.24, 2.45) is 0 Å². The second-order valence-electron chi connectivity index (χ2n) is 7.95. The molecule has 0 amide bonds. The van der Waals surface area contributed by atoms with E-state index in [1.54, 1.807) is 41.7 Å². The van der Waals surface area contributed by atoms with Crippen molar-refractivity contribution in [3.8, 4) is 23.0 Å². The molecule has 0 saturated carbocycles. The van der Waals surface area contributed by atoms with Crippen LogP contribution in [0.1, 0.15) is 23.2 Å². The van der Waals surface area contributed by atoms with Gasteiger partial charge in [0.15, 0.2) is 32.8 Å². The maximum atomic E-state index is 13.9. The van der Waals surface area contributed by atoms with Gasteiger partial charge in [0.25, 0.3) is 0 Å². The van der Waals surface area contributed by atoms with Gasteiger partial charge in [-0.25, -0.2) is 8.42 Å². The van der Waals surface area contributed by atoms with Gasteiger partial charge in [-0.15, -0.1) is 0 Å². The highest BCUT2D eigenvalue weighted by Gasteiger charge is 2.60. The number of rotatable bonds is 8. The van der Waals surface area contributed by atoms with Crippen molar-refractivity contribution in [1.29, 1.82) is 0 Å². The Hall–Kier alpha value is -3.51. The SMILES string of the molecule is COC(=O)[C@@H]1[C@H](c2ccc(OC)c(OC)c2)[NH2+][C@@H](c2ccc(OC)c(OC)c2)[C@@H](C(=O)OC)S1(=O)=O. The van der Waals surface area contributed by atoms with Crippen molar-refractivity contribution >= 4 is 21.8 Å². The average Bonchev–Trinajstić information content (AvgIpc) is 2.90. The summed E-state index contributed by atoms with van der Waals surface area (Å²) in [5, 5.41) is -1.74. The van der Waals surface area contributed by atoms with Gasteiger partial charge in [-0.1, -0.05) is 0 Å². The van der Waals surface area contributed by atoms with Gasteiger partial charge in [-0.3, -0.25) is 9.59 Å². The number of nitrogens with two attached hydrogens (primary N) is 1. The molecule has 12 heteroatoms. The van der Waals surface area contributed by atoms with Crippen LogP contribution in [0.4, 0.5) is 0 Å². The quantitative estimate of drug-likeness (QED) is 0.488. The Kier molecular flexibility index (Phi) is 8.31. The van der Waals surface area contributed by atoms with E-state index in [-0.39, 0.29) is 0 Å². The summed E-state index contributed by atoms with van der Waals surface area (Å²) in [5.41, 5.74) is 0.917. The molecule has 1 aliphatic rings. The lowest BCUT2D eigenvalue weighted by molar-refractivity contribution is -0.734. The Morgan fingerprint density at radius 3 is 1.31 bits per heavy atom. The highest BCUT2D eigenvalue weighted by atomic mass is 32.2. The summed E-state index contributed by atoms with van der Waals surface area (Å²) >= 11 is 0. The first-order chi connectivity index (χ1) is 17.2. The first kappa shape index (κ1) is 27.1. The fourth-order valence-electron chi connectivity index (χ4n) is 4.48. The number of ether oxygens (including phenoxy) is 6. The molecule has 4 atom stereocenters. The fourth-order valence-corrected chi connectivity index (χ4v) is 6.84. The van der Waals surface area contributed by atoms with Crippen LogP contribution in [0.15, 0.2) is 36.4 Å². The molecule has 0 unspecified atom stereocenters. The molecule has 1 saturated heterocycles. The van der Waals surface area contributed by atoms with E-state index >= 15 is 0 Å². The van der Waals surface area contributed by atoms with Crippen LogP contribution in [-0.2, 0) is 28.9 Å². The van der Waals surface area contributed by atoms with E-state index in [1.807, 2.05) is 0 Å². The van der Waals surface area contributed by atoms with E-state index in [2.05, 4.69) is 0 Å². The molecule has 3 rings (SSSR count). The standard InChI is InChI=1S/C24H29NO10S/c1-30-15-9-7-13(11-17(15)32-3)19-21(23(26)34-5)36(28,29)22(24(27)35-6)20(25-19)14-8-10-16(31-2)18(12-14)33-4/h7-12,19-22,25H,1-6H3/p+1/t19-,20-,21-,22-/m0/s1. The van der Waals surface area contributed by atoms with E-state index < -0.39 is 44.4 Å². The molecule has 0 aromatic heterocycles. The van der Waals surface area contributed by atoms with Crippen LogP contribution in [-0.4, -0.2) is 73.5 Å². The summed E-state index contributed by atoms with van der Waals surface area (Å²) < 4.78 is 58.9. The molecule has 196 valence electrons. The summed E-state index contributed by atoms with van der Waals surface area (Å²) in [6.45, 7) is 0. The van der Waals surface area contributed by atoms with Crippen molar-refractivity contribution in [2.45, 2.75) is 22.6 Å². The van der Waals surface area contributed by atoms with Crippen molar-refractivity contribution in [3.05, 3.63) is 47.5 Å². The molecule has 2 aromatic carbocycles. The summed E-state index contributed by atoms with van der Waals surface area (Å²) in [7, 11) is 3.55. The third kappa shape index (κ3) is 4.78. The lowest BCUT2D eigenvalue weighted by Gasteiger charge is -2.37. The minimum Gasteiger partial charge on any atom is -0.493 e. The van der Waals surface area contributed by atoms with E-state index in [0.29, 0.717) is 34.1 Å². The predicted octanol–water partition coefficient (Wildman–Crippen LogP) is 0.578. The number of quaternary nitrogens is 1. The Balaban J connectivity index is 2.25. The number of hydrogen-bond donors (Lipinski definition) is 1. The van der Waals surface area contributed by atoms with Crippen LogP contribution in [0.3, 0.4) is 0 Å². The number of benzene rings is 2. The van der Waals surface area contributed by atoms with Crippen molar-refractivity contribution in [1.82, 2.24) is 0 Å². The molecule has 0 aliphatic carbocycles. The van der Waals surface area contributed by atoms with Crippen LogP contribution in [0.5, 0.6) is 23.0 Å². The molecular weight excluding hydrogens is 494 g/mol. The van der Waals surface area contributed by atoms with Gasteiger partial charge >= 0.3 is 11.9 Å². The highest BCUT2D eigenvalue weighted by molar-refractivity contribution is 7.94. The summed E-state index contributed by atoms with van der Waals surface area (Å²) in [5.74, 6) is -0.433. The van der Waals surface area contributed by atoms with E-state index in [4.69, 9.17) is 28.4 Å². The van der Waals surface area contributed by atoms with Crippen LogP contribution in [0, 0.1) is 0 Å². The topological polar surface area (TPSA) is 140 Å². The number of carbonyl (C=O) groups excluding carboxylic acids is 2. The molecule has 0 radical (unpaired) electrons. The molecule has 0 spiro atoms. The lowest BCUT2D eigenvalue weighted by atomic mass is 9.96. The Labute approximate surface area is 209 Å². The molecular formula is C24H30NO10S+. The van der Waals surface area contributed by atoms with Gasteiger partial charge in [-0.2, -0.15) is 0 Å². The molecule has 1 fully saturated rings. The predicted molar refractivity (Wildman–Crippen MR) is 127 cm³/mol. The monoisotopic (exact) mass is 524 g/mol. The maximum absolute atomic E-state index is 13.9. The van der Waals surface area contributed by atoms with Gasteiger partial charge in [0, 0.05) is 11.1 Å². The van der Waals surface area contributed by atoms with Crippen molar-refractivity contribution in [2.75, 3.05) is 42.7 Å². The molecule has 1 aliphatic heterocycles. The highest BCUT2D eigenvalue weighted by Crippen LogP contribution is 2.38. The molecule has 11 nitrogen and oxygen atoms in total. The minimum absolute atomic E-state index is 0.349. The number of hydrogen-bond acceptors (Lipinski definition) is 10. The van der Waals surface area contributed by atoms with Gasteiger partial charge < -0.3 is 33.7 Å². The summed E-state index contributed by atoms with van der Waals surface area (Å²) in [6.07, 6.45) is 0. The lowest BCUT2D eigenvalue weighted by Crippen LogP contribution is -2.94. The minimum atomic E-state index is -4.48. The molecule has 0 bridgehead atoms. The number of methoxy groups -OCH3 is 6. The summed E-state index contributed by atoms with van der Waals surface area (Å²) in [4.78, 5) is 25.7. The second-order valence-corrected chi connectivity index (χ2v) is 10.1. The molecule has 2 aromatic rings. The Morgan fingerprint density at radius 2 is 1.00 bits per heavy atom. The normalized spacial score (nSPS) is 22.7. The first-order valence-corrected chi connectivity index (χ1v) is 12.5. The third-order valence-corrected chi connectivity index (χ3v) is 8.61. The Bertz CT molecular complexity index is 1140. The van der Waals surface area contributed by atoms with E-state index in [0.717, 1.165) is 14.2 Å². The average molecular weight is 525 g/mol. The smallest absolute Gasteiger partial charge is 0.330 e. The summed E-state index contributed by atoms with van der Waals surface area (Å²) in [6, 6.07) is 7.71. The molecule has 36 heavy (non-hydrogen) atoms. The zero-order valence-electron chi connectivity index (χ0n) is 20.8. The molecule has 2 N–H and O–H groups in total. The van der Waals surface area contributed by atoms with Crippen LogP contribution in [0.25, 0.3) is 0 Å². The largest absolute Gasteiger partial charge is 0.493 e. The van der Waals surface area contributed by atoms with Gasteiger partial charge in [0.2, 0.25) is 10.5 Å². The van der Waals surface area contributed by atoms with Crippen molar-refractivity contribution < 1.29 is 51.7 Å². The van der Waals surface area contributed by atoms with Gasteiger partial charge in [0.1, 0.15) is 12.1 Å². The molecule has 1 heterocycles. The zero-order valence-corrected chi connectivity index (χ0v) is 21.7. The number of carbonyl (C=O) groups is 2. The second kappa shape index (κ2) is 11.0. The fraction of sp³-hybridized carbons (Fsp3) is 0.417. The van der Waals surface area contributed by atoms with E-state index in [9.17, 15) is 18.0 Å². The van der Waals surface area contributed by atoms with E-state index in [1.165, 1.54) is 28.4 Å². The van der Waals surface area contributed by atoms with Gasteiger partial charge in [0.05, 0.1) is 42.7 Å². The number of esters is 2. The number of sulfone groups is 1. The Morgan fingerprint density at radius 1 is 0.639 bits per heavy atom. The van der Waals surface area contributed by atoms with Crippen molar-refractivity contribution in [3.63, 3.8) is 0 Å². The van der Waals surface area contributed by atoms with Gasteiger partial charge in [-0.05, 0) is 36.4 Å². The van der Waals surface area contributed by atoms with Crippen LogP contribution < -0.4 is 24.3 Å². The van der Waals surface area contributed by atoms with Crippen LogP contribution >= 0.6 is 0 Å². The first-order valence-electron chi connectivity index (χ1n) is 10.9. The third-order valence-electron chi connectivity index (χ3n) is 6.23. The zero-order chi connectivity index (χ0) is 26.6. The van der Waals surface area contributed by atoms with Crippen LogP contribution in [0.2, 0.25) is 0 Å². The maximum Gasteiger partial charge on any atom is 0.330 e.